The van der Waals surface area contributed by atoms with Crippen LogP contribution in [0.25, 0.3) is 0 Å². The summed E-state index contributed by atoms with van der Waals surface area (Å²) in [4.78, 5) is 19.5. The van der Waals surface area contributed by atoms with E-state index in [1.807, 2.05) is 65.6 Å². The van der Waals surface area contributed by atoms with Crippen LogP contribution in [0, 0.1) is 0 Å². The molecule has 3 aliphatic heterocycles. The number of benzene rings is 3. The number of methoxy groups -OCH3 is 1. The monoisotopic (exact) mass is 640 g/mol. The second-order valence-electron chi connectivity index (χ2n) is 11.8. The fourth-order valence-electron chi connectivity index (χ4n) is 6.95. The summed E-state index contributed by atoms with van der Waals surface area (Å²) in [7, 11) is 1.57. The van der Waals surface area contributed by atoms with Crippen molar-refractivity contribution in [2.24, 2.45) is 0 Å². The predicted molar refractivity (Wildman–Crippen MR) is 171 cm³/mol. The molecule has 3 fully saturated rings. The highest BCUT2D eigenvalue weighted by atomic mass is 35.5. The first-order valence-electron chi connectivity index (χ1n) is 15.4. The van der Waals surface area contributed by atoms with E-state index in [-0.39, 0.29) is 24.6 Å². The van der Waals surface area contributed by atoms with E-state index in [1.54, 1.807) is 13.2 Å². The molecule has 0 bridgehead atoms. The molecule has 0 aromatic heterocycles. The van der Waals surface area contributed by atoms with Gasteiger partial charge in [-0.3, -0.25) is 15.4 Å². The Balaban J connectivity index is 1.43. The number of hydrogen-bond donors (Lipinski definition) is 2. The Kier molecular flexibility index (Phi) is 9.64. The molecule has 3 aliphatic rings. The summed E-state index contributed by atoms with van der Waals surface area (Å²) in [6.45, 7) is 2.77. The molecule has 7 nitrogen and oxygen atoms in total. The summed E-state index contributed by atoms with van der Waals surface area (Å²) in [6.07, 6.45) is 4.34. The maximum absolute atomic E-state index is 15.0. The Morgan fingerprint density at radius 3 is 1.98 bits per heavy atom. The van der Waals surface area contributed by atoms with E-state index in [0.29, 0.717) is 46.2 Å². The number of carbonyl (C=O) groups excluding carboxylic acids is 1. The largest absolute Gasteiger partial charge is 0.497 e. The minimum absolute atomic E-state index is 0.0944. The van der Waals surface area contributed by atoms with Crippen LogP contribution in [0.2, 0.25) is 10.0 Å². The number of nitrogens with zero attached hydrogens (tertiary/aromatic N) is 2. The number of rotatable bonds is 9. The van der Waals surface area contributed by atoms with Gasteiger partial charge in [0.15, 0.2) is 5.66 Å². The van der Waals surface area contributed by atoms with Crippen LogP contribution >= 0.6 is 23.2 Å². The van der Waals surface area contributed by atoms with Gasteiger partial charge in [0.2, 0.25) is 0 Å². The molecule has 3 heterocycles. The SMILES string of the molecule is COc1ccc(C2(C(=O)N3CCC(N4CCCC4)CC3)NC(c3ccc(Cl)cc3)C(c3ccc(Cl)cc3)N2)c(OCCF)c1. The van der Waals surface area contributed by atoms with Crippen molar-refractivity contribution in [3.63, 3.8) is 0 Å². The van der Waals surface area contributed by atoms with Crippen molar-refractivity contribution in [3.05, 3.63) is 93.5 Å². The Morgan fingerprint density at radius 1 is 0.886 bits per heavy atom. The van der Waals surface area contributed by atoms with Crippen molar-refractivity contribution in [1.29, 1.82) is 0 Å². The maximum Gasteiger partial charge on any atom is 0.262 e. The molecule has 10 heteroatoms. The summed E-state index contributed by atoms with van der Waals surface area (Å²) in [5.74, 6) is 0.843. The second kappa shape index (κ2) is 13.6. The molecule has 3 saturated heterocycles. The van der Waals surface area contributed by atoms with Gasteiger partial charge in [-0.1, -0.05) is 47.5 Å². The van der Waals surface area contributed by atoms with Crippen LogP contribution in [-0.2, 0) is 10.5 Å². The third-order valence-electron chi connectivity index (χ3n) is 9.19. The fraction of sp³-hybridized carbons (Fsp3) is 0.441. The van der Waals surface area contributed by atoms with E-state index in [2.05, 4.69) is 15.5 Å². The Morgan fingerprint density at radius 2 is 1.45 bits per heavy atom. The van der Waals surface area contributed by atoms with Crippen LogP contribution in [0.5, 0.6) is 11.5 Å². The van der Waals surface area contributed by atoms with Gasteiger partial charge >= 0.3 is 0 Å². The Hall–Kier alpha value is -2.88. The number of ether oxygens (including phenoxy) is 2. The minimum Gasteiger partial charge on any atom is -0.497 e. The number of alkyl halides is 1. The molecule has 6 rings (SSSR count). The summed E-state index contributed by atoms with van der Waals surface area (Å²) in [6, 6.07) is 20.5. The highest BCUT2D eigenvalue weighted by Gasteiger charge is 2.54. The van der Waals surface area contributed by atoms with Crippen molar-refractivity contribution in [3.8, 4) is 11.5 Å². The van der Waals surface area contributed by atoms with Gasteiger partial charge in [0, 0.05) is 40.8 Å². The number of piperidine rings is 1. The average Bonchev–Trinajstić information content (AvgIpc) is 3.74. The van der Waals surface area contributed by atoms with Crippen molar-refractivity contribution in [2.75, 3.05) is 46.6 Å². The molecule has 2 N–H and O–H groups in total. The number of nitrogens with one attached hydrogen (secondary N) is 2. The molecule has 234 valence electrons. The first kappa shape index (κ1) is 31.1. The zero-order valence-corrected chi connectivity index (χ0v) is 26.4. The first-order valence-corrected chi connectivity index (χ1v) is 16.1. The van der Waals surface area contributed by atoms with Gasteiger partial charge in [0.25, 0.3) is 5.91 Å². The highest BCUT2D eigenvalue weighted by molar-refractivity contribution is 6.30. The lowest BCUT2D eigenvalue weighted by Gasteiger charge is -2.41. The van der Waals surface area contributed by atoms with Gasteiger partial charge in [-0.05, 0) is 86.3 Å². The average molecular weight is 642 g/mol. The highest BCUT2D eigenvalue weighted by Crippen LogP contribution is 2.45. The van der Waals surface area contributed by atoms with Crippen molar-refractivity contribution in [2.45, 2.75) is 49.5 Å². The molecule has 0 spiro atoms. The normalized spacial score (nSPS) is 24.5. The number of amides is 1. The molecule has 2 atom stereocenters. The van der Waals surface area contributed by atoms with E-state index in [4.69, 9.17) is 32.7 Å². The standard InChI is InChI=1S/C34H39Cl2FN4O3/c1-43-28-12-13-29(30(22-28)44-21-16-37)34(33(42)41-19-14-27(15-20-41)40-17-2-3-18-40)38-31(23-4-8-25(35)9-5-23)32(39-34)24-6-10-26(36)11-7-24/h4-13,22,27,31-32,38-39H,2-3,14-21H2,1H3. The third-order valence-corrected chi connectivity index (χ3v) is 9.70. The molecule has 3 aromatic carbocycles. The molecule has 2 unspecified atom stereocenters. The van der Waals surface area contributed by atoms with E-state index in [1.165, 1.54) is 12.8 Å². The number of hydrogen-bond acceptors (Lipinski definition) is 6. The lowest BCUT2D eigenvalue weighted by atomic mass is 9.94. The Bertz CT molecular complexity index is 1370. The maximum atomic E-state index is 15.0. The number of halogens is 3. The summed E-state index contributed by atoms with van der Waals surface area (Å²) < 4.78 is 24.9. The third kappa shape index (κ3) is 6.28. The molecular weight excluding hydrogens is 602 g/mol. The smallest absolute Gasteiger partial charge is 0.262 e. The lowest BCUT2D eigenvalue weighted by Crippen LogP contribution is -2.61. The molecule has 0 aliphatic carbocycles. The van der Waals surface area contributed by atoms with Gasteiger partial charge in [-0.2, -0.15) is 0 Å². The quantitative estimate of drug-likeness (QED) is 0.288. The van der Waals surface area contributed by atoms with E-state index in [0.717, 1.165) is 37.1 Å². The zero-order chi connectivity index (χ0) is 30.7. The summed E-state index contributed by atoms with van der Waals surface area (Å²) in [5, 5.41) is 8.72. The van der Waals surface area contributed by atoms with Crippen LogP contribution in [0.1, 0.15) is 54.5 Å². The van der Waals surface area contributed by atoms with Crippen molar-refractivity contribution in [1.82, 2.24) is 20.4 Å². The fourth-order valence-corrected chi connectivity index (χ4v) is 7.20. The zero-order valence-electron chi connectivity index (χ0n) is 24.9. The van der Waals surface area contributed by atoms with Crippen LogP contribution in [0.3, 0.4) is 0 Å². The van der Waals surface area contributed by atoms with Crippen molar-refractivity contribution < 1.29 is 18.7 Å². The van der Waals surface area contributed by atoms with Gasteiger partial charge in [-0.25, -0.2) is 4.39 Å². The van der Waals surface area contributed by atoms with Gasteiger partial charge in [0.05, 0.1) is 19.2 Å². The minimum atomic E-state index is -1.38. The van der Waals surface area contributed by atoms with Crippen LogP contribution in [-0.4, -0.2) is 68.3 Å². The van der Waals surface area contributed by atoms with Gasteiger partial charge < -0.3 is 19.3 Å². The topological polar surface area (TPSA) is 66.1 Å². The molecule has 44 heavy (non-hydrogen) atoms. The van der Waals surface area contributed by atoms with Crippen LogP contribution in [0.15, 0.2) is 66.7 Å². The van der Waals surface area contributed by atoms with Gasteiger partial charge in [0.1, 0.15) is 24.8 Å². The number of likely N-dealkylation sites (tertiary alicyclic amines) is 2. The summed E-state index contributed by atoms with van der Waals surface area (Å²) >= 11 is 12.6. The van der Waals surface area contributed by atoms with Crippen LogP contribution in [0.4, 0.5) is 4.39 Å². The van der Waals surface area contributed by atoms with E-state index >= 15 is 0 Å². The van der Waals surface area contributed by atoms with Crippen molar-refractivity contribution >= 4 is 29.1 Å². The molecule has 1 amide bonds. The molecule has 3 aromatic rings. The van der Waals surface area contributed by atoms with E-state index in [9.17, 15) is 9.18 Å². The predicted octanol–water partition coefficient (Wildman–Crippen LogP) is 6.27. The molecular formula is C34H39Cl2FN4O3. The first-order chi connectivity index (χ1) is 21.4. The molecule has 0 radical (unpaired) electrons. The number of carbonyl (C=O) groups is 1. The second-order valence-corrected chi connectivity index (χ2v) is 12.6. The van der Waals surface area contributed by atoms with Gasteiger partial charge in [-0.15, -0.1) is 0 Å². The summed E-state index contributed by atoms with van der Waals surface area (Å²) in [5.41, 5.74) is 1.12. The molecule has 0 saturated carbocycles. The van der Waals surface area contributed by atoms with Crippen LogP contribution < -0.4 is 20.1 Å². The lowest BCUT2D eigenvalue weighted by molar-refractivity contribution is -0.141. The Labute approximate surface area is 268 Å². The van der Waals surface area contributed by atoms with E-state index < -0.39 is 12.3 Å².